The second kappa shape index (κ2) is 8.80. The van der Waals surface area contributed by atoms with E-state index in [-0.39, 0.29) is 0 Å². The van der Waals surface area contributed by atoms with Crippen molar-refractivity contribution in [2.24, 2.45) is 7.05 Å². The van der Waals surface area contributed by atoms with Crippen LogP contribution in [0, 0.1) is 6.92 Å². The van der Waals surface area contributed by atoms with Crippen LogP contribution in [-0.2, 0) is 7.05 Å². The van der Waals surface area contributed by atoms with Crippen LogP contribution in [0.3, 0.4) is 0 Å². The number of aryl methyl sites for hydroxylation is 1. The van der Waals surface area contributed by atoms with Gasteiger partial charge in [-0.05, 0) is 37.7 Å². The average Bonchev–Trinajstić information content (AvgIpc) is 3.36. The third-order valence-corrected chi connectivity index (χ3v) is 5.81. The molecule has 1 aliphatic heterocycles. The number of piperazine rings is 1. The van der Waals surface area contributed by atoms with Crippen molar-refractivity contribution in [3.8, 4) is 22.8 Å². The lowest BCUT2D eigenvalue weighted by molar-refractivity contribution is 0.121. The van der Waals surface area contributed by atoms with Crippen LogP contribution < -0.4 is 4.74 Å². The van der Waals surface area contributed by atoms with Gasteiger partial charge in [0.1, 0.15) is 18.2 Å². The maximum Gasteiger partial charge on any atom is 0.144 e. The SMILES string of the molecule is CCN1CCN(CCOc2ccc(-c3nccn3-c3cnn(C)c3C)cc2)CC1. The average molecular weight is 395 g/mol. The molecular weight excluding hydrogens is 364 g/mol. The summed E-state index contributed by atoms with van der Waals surface area (Å²) in [6.07, 6.45) is 5.67. The molecule has 0 atom stereocenters. The van der Waals surface area contributed by atoms with Crippen LogP contribution in [0.2, 0.25) is 0 Å². The Labute approximate surface area is 172 Å². The monoisotopic (exact) mass is 394 g/mol. The Hall–Kier alpha value is -2.64. The zero-order valence-electron chi connectivity index (χ0n) is 17.6. The zero-order valence-corrected chi connectivity index (χ0v) is 17.6. The number of nitrogens with zero attached hydrogens (tertiary/aromatic N) is 6. The van der Waals surface area contributed by atoms with Crippen molar-refractivity contribution >= 4 is 0 Å². The number of ether oxygens (including phenoxy) is 1. The van der Waals surface area contributed by atoms with Crippen molar-refractivity contribution in [2.45, 2.75) is 13.8 Å². The highest BCUT2D eigenvalue weighted by atomic mass is 16.5. The van der Waals surface area contributed by atoms with Crippen molar-refractivity contribution in [3.05, 3.63) is 48.5 Å². The lowest BCUT2D eigenvalue weighted by atomic mass is 10.2. The van der Waals surface area contributed by atoms with Crippen LogP contribution in [0.25, 0.3) is 17.1 Å². The Bertz CT molecular complexity index is 921. The van der Waals surface area contributed by atoms with E-state index in [0.29, 0.717) is 0 Å². The normalized spacial score (nSPS) is 15.7. The number of benzene rings is 1. The molecule has 0 bridgehead atoms. The number of likely N-dealkylation sites (N-methyl/N-ethyl adjacent to an activating group) is 1. The smallest absolute Gasteiger partial charge is 0.144 e. The van der Waals surface area contributed by atoms with Crippen LogP contribution in [0.1, 0.15) is 12.6 Å². The molecule has 154 valence electrons. The molecule has 0 radical (unpaired) electrons. The summed E-state index contributed by atoms with van der Waals surface area (Å²) in [4.78, 5) is 9.53. The zero-order chi connectivity index (χ0) is 20.2. The molecule has 2 aromatic heterocycles. The van der Waals surface area contributed by atoms with Gasteiger partial charge in [0, 0.05) is 57.7 Å². The van der Waals surface area contributed by atoms with Gasteiger partial charge in [0.25, 0.3) is 0 Å². The molecule has 4 rings (SSSR count). The van der Waals surface area contributed by atoms with E-state index in [4.69, 9.17) is 4.74 Å². The summed E-state index contributed by atoms with van der Waals surface area (Å²) in [6, 6.07) is 8.19. The number of rotatable bonds is 7. The van der Waals surface area contributed by atoms with Gasteiger partial charge < -0.3 is 9.64 Å². The van der Waals surface area contributed by atoms with Gasteiger partial charge >= 0.3 is 0 Å². The Balaban J connectivity index is 1.36. The van der Waals surface area contributed by atoms with Gasteiger partial charge in [-0.1, -0.05) is 6.92 Å². The van der Waals surface area contributed by atoms with E-state index < -0.39 is 0 Å². The van der Waals surface area contributed by atoms with Gasteiger partial charge in [0.05, 0.1) is 17.6 Å². The third-order valence-electron chi connectivity index (χ3n) is 5.81. The highest BCUT2D eigenvalue weighted by molar-refractivity contribution is 5.60. The van der Waals surface area contributed by atoms with Crippen LogP contribution in [0.5, 0.6) is 5.75 Å². The molecule has 1 saturated heterocycles. The molecule has 0 saturated carbocycles. The predicted octanol–water partition coefficient (Wildman–Crippen LogP) is 2.60. The Morgan fingerprint density at radius 2 is 1.76 bits per heavy atom. The van der Waals surface area contributed by atoms with E-state index in [1.54, 1.807) is 0 Å². The van der Waals surface area contributed by atoms with Crippen LogP contribution in [0.4, 0.5) is 0 Å². The lowest BCUT2D eigenvalue weighted by Gasteiger charge is -2.33. The van der Waals surface area contributed by atoms with Crippen molar-refractivity contribution in [2.75, 3.05) is 45.9 Å². The highest BCUT2D eigenvalue weighted by Crippen LogP contribution is 2.25. The van der Waals surface area contributed by atoms with E-state index in [9.17, 15) is 0 Å². The molecule has 29 heavy (non-hydrogen) atoms. The summed E-state index contributed by atoms with van der Waals surface area (Å²) in [5.74, 6) is 1.80. The van der Waals surface area contributed by atoms with Gasteiger partial charge in [0.15, 0.2) is 0 Å². The summed E-state index contributed by atoms with van der Waals surface area (Å²) in [5.41, 5.74) is 3.20. The van der Waals surface area contributed by atoms with Gasteiger partial charge in [-0.3, -0.25) is 14.1 Å². The Morgan fingerprint density at radius 3 is 2.41 bits per heavy atom. The summed E-state index contributed by atoms with van der Waals surface area (Å²) in [7, 11) is 1.95. The first-order valence-corrected chi connectivity index (χ1v) is 10.4. The predicted molar refractivity (Wildman–Crippen MR) is 115 cm³/mol. The van der Waals surface area contributed by atoms with Crippen molar-refractivity contribution in [3.63, 3.8) is 0 Å². The molecule has 0 aliphatic carbocycles. The standard InChI is InChI=1S/C22H30N6O/c1-4-26-11-13-27(14-12-26)15-16-29-20-7-5-19(6-8-20)22-23-9-10-28(22)21-17-24-25(3)18(21)2/h5-10,17H,4,11-16H2,1-3H3. The molecule has 3 heterocycles. The van der Waals surface area contributed by atoms with Crippen LogP contribution >= 0.6 is 0 Å². The maximum atomic E-state index is 5.98. The summed E-state index contributed by atoms with van der Waals surface area (Å²) >= 11 is 0. The minimum Gasteiger partial charge on any atom is -0.492 e. The molecular formula is C22H30N6O. The first kappa shape index (κ1) is 19.7. The maximum absolute atomic E-state index is 5.98. The molecule has 1 fully saturated rings. The first-order valence-electron chi connectivity index (χ1n) is 10.4. The summed E-state index contributed by atoms with van der Waals surface area (Å²) < 4.78 is 9.93. The fourth-order valence-corrected chi connectivity index (χ4v) is 3.76. The number of imidazole rings is 1. The Kier molecular flexibility index (Phi) is 5.97. The van der Waals surface area contributed by atoms with Crippen LogP contribution in [0.15, 0.2) is 42.9 Å². The molecule has 1 aromatic carbocycles. The van der Waals surface area contributed by atoms with Crippen molar-refractivity contribution in [1.29, 1.82) is 0 Å². The minimum atomic E-state index is 0.717. The second-order valence-corrected chi connectivity index (χ2v) is 7.51. The molecule has 0 spiro atoms. The molecule has 0 amide bonds. The molecule has 1 aliphatic rings. The largest absolute Gasteiger partial charge is 0.492 e. The van der Waals surface area contributed by atoms with Crippen LogP contribution in [-0.4, -0.2) is 75.0 Å². The van der Waals surface area contributed by atoms with E-state index in [2.05, 4.69) is 50.4 Å². The molecule has 0 unspecified atom stereocenters. The van der Waals surface area contributed by atoms with Gasteiger partial charge in [-0.15, -0.1) is 0 Å². The number of aromatic nitrogens is 4. The van der Waals surface area contributed by atoms with Crippen molar-refractivity contribution < 1.29 is 4.74 Å². The second-order valence-electron chi connectivity index (χ2n) is 7.51. The molecule has 3 aromatic rings. The fraction of sp³-hybridized carbons (Fsp3) is 0.455. The molecule has 0 N–H and O–H groups in total. The quantitative estimate of drug-likeness (QED) is 0.617. The fourth-order valence-electron chi connectivity index (χ4n) is 3.76. The molecule has 7 nitrogen and oxygen atoms in total. The van der Waals surface area contributed by atoms with Gasteiger partial charge in [0.2, 0.25) is 0 Å². The van der Waals surface area contributed by atoms with Crippen molar-refractivity contribution in [1.82, 2.24) is 29.1 Å². The molecule has 7 heteroatoms. The highest BCUT2D eigenvalue weighted by Gasteiger charge is 2.15. The first-order chi connectivity index (χ1) is 14.2. The van der Waals surface area contributed by atoms with Gasteiger partial charge in [-0.25, -0.2) is 4.98 Å². The van der Waals surface area contributed by atoms with E-state index in [0.717, 1.165) is 74.4 Å². The minimum absolute atomic E-state index is 0.717. The third kappa shape index (κ3) is 4.36. The summed E-state index contributed by atoms with van der Waals surface area (Å²) in [5, 5.41) is 4.34. The Morgan fingerprint density at radius 1 is 1.03 bits per heavy atom. The topological polar surface area (TPSA) is 51.4 Å². The van der Waals surface area contributed by atoms with Gasteiger partial charge in [-0.2, -0.15) is 5.10 Å². The number of hydrogen-bond acceptors (Lipinski definition) is 5. The van der Waals surface area contributed by atoms with E-state index >= 15 is 0 Å². The van der Waals surface area contributed by atoms with E-state index in [1.807, 2.05) is 42.5 Å². The number of hydrogen-bond donors (Lipinski definition) is 0. The van der Waals surface area contributed by atoms with E-state index in [1.165, 1.54) is 0 Å². The summed E-state index contributed by atoms with van der Waals surface area (Å²) in [6.45, 7) is 11.7. The lowest BCUT2D eigenvalue weighted by Crippen LogP contribution is -2.47.